The summed E-state index contributed by atoms with van der Waals surface area (Å²) in [6.07, 6.45) is 2.85. The normalized spacial score (nSPS) is 11.8. The van der Waals surface area contributed by atoms with Crippen LogP contribution in [-0.4, -0.2) is 38.2 Å². The summed E-state index contributed by atoms with van der Waals surface area (Å²) in [6, 6.07) is 12.3. The van der Waals surface area contributed by atoms with Gasteiger partial charge in [-0.2, -0.15) is 0 Å². The van der Waals surface area contributed by atoms with Crippen LogP contribution in [0.15, 0.2) is 36.4 Å². The smallest absolute Gasteiger partial charge is 0.219 e. The summed E-state index contributed by atoms with van der Waals surface area (Å²) in [4.78, 5) is 14.2. The Morgan fingerprint density at radius 1 is 0.886 bits per heavy atom. The molecule has 0 aliphatic heterocycles. The third kappa shape index (κ3) is 7.39. The summed E-state index contributed by atoms with van der Waals surface area (Å²) >= 11 is 0. The van der Waals surface area contributed by atoms with Crippen molar-refractivity contribution in [1.82, 2.24) is 4.90 Å². The van der Waals surface area contributed by atoms with E-state index in [-0.39, 0.29) is 16.7 Å². The lowest BCUT2D eigenvalue weighted by Gasteiger charge is -2.30. The Bertz CT molecular complexity index is 980. The molecule has 2 aromatic carbocycles. The van der Waals surface area contributed by atoms with Crippen LogP contribution < -0.4 is 14.2 Å². The van der Waals surface area contributed by atoms with Crippen LogP contribution in [0.25, 0.3) is 0 Å². The lowest BCUT2D eigenvalue weighted by molar-refractivity contribution is -0.129. The molecule has 0 aromatic heterocycles. The zero-order valence-corrected chi connectivity index (χ0v) is 23.3. The van der Waals surface area contributed by atoms with Crippen molar-refractivity contribution < 1.29 is 19.0 Å². The fourth-order valence-corrected chi connectivity index (χ4v) is 4.00. The van der Waals surface area contributed by atoms with E-state index in [1.165, 1.54) is 11.1 Å². The van der Waals surface area contributed by atoms with Gasteiger partial charge in [0.2, 0.25) is 5.91 Å². The van der Waals surface area contributed by atoms with E-state index in [1.807, 2.05) is 23.1 Å². The van der Waals surface area contributed by atoms with Gasteiger partial charge >= 0.3 is 0 Å². The van der Waals surface area contributed by atoms with Crippen LogP contribution in [-0.2, 0) is 22.2 Å². The quantitative estimate of drug-likeness (QED) is 0.291. The van der Waals surface area contributed by atoms with E-state index in [0.717, 1.165) is 42.1 Å². The molecule has 0 unspecified atom stereocenters. The van der Waals surface area contributed by atoms with Crippen LogP contribution in [0.3, 0.4) is 0 Å². The summed E-state index contributed by atoms with van der Waals surface area (Å²) in [6.45, 7) is 16.8. The molecule has 0 saturated carbocycles. The highest BCUT2D eigenvalue weighted by Crippen LogP contribution is 2.38. The van der Waals surface area contributed by atoms with Gasteiger partial charge in [-0.05, 0) is 59.9 Å². The molecule has 0 spiro atoms. The molecule has 0 radical (unpaired) electrons. The van der Waals surface area contributed by atoms with Crippen LogP contribution in [0.2, 0.25) is 0 Å². The van der Waals surface area contributed by atoms with Crippen molar-refractivity contribution in [2.75, 3.05) is 27.4 Å². The Kier molecular flexibility index (Phi) is 10.1. The maximum atomic E-state index is 12.4. The van der Waals surface area contributed by atoms with Crippen molar-refractivity contribution in [1.29, 1.82) is 0 Å². The number of hydrogen-bond acceptors (Lipinski definition) is 4. The molecule has 0 aliphatic rings. The first-order valence-corrected chi connectivity index (χ1v) is 12.7. The second-order valence-electron chi connectivity index (χ2n) is 10.5. The summed E-state index contributed by atoms with van der Waals surface area (Å²) in [5.41, 5.74) is 3.66. The number of methoxy groups -OCH3 is 2. The summed E-state index contributed by atoms with van der Waals surface area (Å²) in [5.74, 6) is 2.45. The third-order valence-corrected chi connectivity index (χ3v) is 7.38. The van der Waals surface area contributed by atoms with E-state index < -0.39 is 0 Å². The Morgan fingerprint density at radius 3 is 2.11 bits per heavy atom. The van der Waals surface area contributed by atoms with Gasteiger partial charge in [0, 0.05) is 31.1 Å². The third-order valence-electron chi connectivity index (χ3n) is 7.38. The highest BCUT2D eigenvalue weighted by atomic mass is 16.5. The Morgan fingerprint density at radius 2 is 1.54 bits per heavy atom. The average Bonchev–Trinajstić information content (AvgIpc) is 2.85. The molecule has 5 heteroatoms. The van der Waals surface area contributed by atoms with Crippen molar-refractivity contribution in [3.63, 3.8) is 0 Å². The van der Waals surface area contributed by atoms with E-state index >= 15 is 0 Å². The van der Waals surface area contributed by atoms with Crippen LogP contribution >= 0.6 is 0 Å². The fourth-order valence-electron chi connectivity index (χ4n) is 4.00. The van der Waals surface area contributed by atoms with Gasteiger partial charge in [0.15, 0.2) is 0 Å². The van der Waals surface area contributed by atoms with Gasteiger partial charge in [-0.3, -0.25) is 4.79 Å². The van der Waals surface area contributed by atoms with Gasteiger partial charge in [0.25, 0.3) is 0 Å². The largest absolute Gasteiger partial charge is 0.497 e. The van der Waals surface area contributed by atoms with E-state index in [4.69, 9.17) is 14.2 Å². The predicted octanol–water partition coefficient (Wildman–Crippen LogP) is 6.90. The second kappa shape index (κ2) is 12.3. The molecule has 1 amide bonds. The maximum Gasteiger partial charge on any atom is 0.219 e. The highest BCUT2D eigenvalue weighted by Gasteiger charge is 2.26. The molecule has 5 nitrogen and oxygen atoms in total. The second-order valence-corrected chi connectivity index (χ2v) is 10.5. The van der Waals surface area contributed by atoms with E-state index in [0.29, 0.717) is 19.7 Å². The van der Waals surface area contributed by atoms with Crippen molar-refractivity contribution in [3.8, 4) is 17.2 Å². The van der Waals surface area contributed by atoms with Crippen molar-refractivity contribution in [2.24, 2.45) is 0 Å². The number of benzene rings is 2. The summed E-state index contributed by atoms with van der Waals surface area (Å²) in [5, 5.41) is 0. The first-order chi connectivity index (χ1) is 16.5. The topological polar surface area (TPSA) is 48.0 Å². The monoisotopic (exact) mass is 483 g/mol. The van der Waals surface area contributed by atoms with Crippen LogP contribution in [0.4, 0.5) is 0 Å². The van der Waals surface area contributed by atoms with Crippen molar-refractivity contribution in [2.45, 2.75) is 85.1 Å². The summed E-state index contributed by atoms with van der Waals surface area (Å²) in [7, 11) is 3.27. The summed E-state index contributed by atoms with van der Waals surface area (Å²) < 4.78 is 17.1. The van der Waals surface area contributed by atoms with Crippen LogP contribution in [0.5, 0.6) is 17.2 Å². The van der Waals surface area contributed by atoms with Crippen LogP contribution in [0, 0.1) is 0 Å². The van der Waals surface area contributed by atoms with Gasteiger partial charge in [0.1, 0.15) is 17.2 Å². The average molecular weight is 484 g/mol. The minimum absolute atomic E-state index is 0.0174. The van der Waals surface area contributed by atoms with Gasteiger partial charge in [0.05, 0.1) is 20.8 Å². The molecule has 2 aromatic rings. The minimum atomic E-state index is 0.0174. The van der Waals surface area contributed by atoms with E-state index in [2.05, 4.69) is 59.7 Å². The zero-order valence-electron chi connectivity index (χ0n) is 23.3. The predicted molar refractivity (Wildman–Crippen MR) is 144 cm³/mol. The highest BCUT2D eigenvalue weighted by molar-refractivity contribution is 5.73. The number of hydrogen-bond donors (Lipinski definition) is 0. The molecule has 0 N–H and O–H groups in total. The molecule has 0 heterocycles. The molecule has 194 valence electrons. The molecule has 2 rings (SSSR count). The molecule has 0 saturated heterocycles. The van der Waals surface area contributed by atoms with E-state index in [1.54, 1.807) is 21.1 Å². The number of rotatable bonds is 13. The van der Waals surface area contributed by atoms with Crippen molar-refractivity contribution in [3.05, 3.63) is 53.1 Å². The molecule has 0 atom stereocenters. The first kappa shape index (κ1) is 28.5. The molecular formula is C30H45NO4. The molecule has 35 heavy (non-hydrogen) atoms. The Labute approximate surface area is 212 Å². The molecule has 0 aliphatic carbocycles. The van der Waals surface area contributed by atoms with Gasteiger partial charge in [-0.25, -0.2) is 0 Å². The lowest BCUT2D eigenvalue weighted by atomic mass is 9.76. The Balaban J connectivity index is 2.12. The number of ether oxygens (including phenoxy) is 3. The SMILES string of the molecule is CCC(C)(C)c1ccc(OCCCN(Cc2cc(OC)ccc2OC)C(C)=O)c(C(C)(C)CC)c1. The van der Waals surface area contributed by atoms with Crippen LogP contribution in [0.1, 0.15) is 84.4 Å². The molecule has 0 fully saturated rings. The lowest BCUT2D eigenvalue weighted by Crippen LogP contribution is -2.30. The zero-order chi connectivity index (χ0) is 26.2. The van der Waals surface area contributed by atoms with Gasteiger partial charge in [-0.1, -0.05) is 53.7 Å². The van der Waals surface area contributed by atoms with Gasteiger partial charge < -0.3 is 19.1 Å². The molecular weight excluding hydrogens is 438 g/mol. The Hall–Kier alpha value is -2.69. The first-order valence-electron chi connectivity index (χ1n) is 12.7. The van der Waals surface area contributed by atoms with Gasteiger partial charge in [-0.15, -0.1) is 0 Å². The number of carbonyl (C=O) groups is 1. The number of amides is 1. The van der Waals surface area contributed by atoms with Crippen molar-refractivity contribution >= 4 is 5.91 Å². The minimum Gasteiger partial charge on any atom is -0.497 e. The maximum absolute atomic E-state index is 12.4. The number of nitrogens with zero attached hydrogens (tertiary/aromatic N) is 1. The fraction of sp³-hybridized carbons (Fsp3) is 0.567. The standard InChI is InChI=1S/C30H45NO4/c1-10-29(4,5)24-13-15-28(26(20-24)30(6,7)11-2)35-18-12-17-31(22(3)32)21-23-19-25(33-8)14-16-27(23)34-9/h13-16,19-20H,10-12,17-18,21H2,1-9H3. The molecule has 0 bridgehead atoms. The number of carbonyl (C=O) groups excluding carboxylic acids is 1. The van der Waals surface area contributed by atoms with E-state index in [9.17, 15) is 4.79 Å².